The molecule has 8 aromatic carbocycles. The molecule has 11 rings (SSSR count). The first-order chi connectivity index (χ1) is 27.7. The molecule has 0 aliphatic carbocycles. The maximum absolute atomic E-state index is 6.54. The first-order valence-corrected chi connectivity index (χ1v) is 19.5. The Morgan fingerprint density at radius 3 is 1.66 bits per heavy atom. The van der Waals surface area contributed by atoms with Crippen molar-refractivity contribution in [3.63, 3.8) is 0 Å². The van der Waals surface area contributed by atoms with Gasteiger partial charge in [0.25, 0.3) is 0 Å². The molecule has 0 aliphatic heterocycles. The molecule has 3 aromatic heterocycles. The van der Waals surface area contributed by atoms with E-state index in [2.05, 4.69) is 152 Å². The summed E-state index contributed by atoms with van der Waals surface area (Å²) in [5.41, 5.74) is 11.4. The van der Waals surface area contributed by atoms with Gasteiger partial charge in [-0.2, -0.15) is 0 Å². The summed E-state index contributed by atoms with van der Waals surface area (Å²) in [7, 11) is 0. The van der Waals surface area contributed by atoms with Crippen molar-refractivity contribution >= 4 is 53.4 Å². The number of hydrogen-bond acceptors (Lipinski definition) is 5. The minimum atomic E-state index is 0.590. The van der Waals surface area contributed by atoms with Crippen LogP contribution in [-0.2, 0) is 0 Å². The van der Waals surface area contributed by atoms with Crippen molar-refractivity contribution in [1.29, 1.82) is 0 Å². The zero-order valence-corrected chi connectivity index (χ0v) is 30.9. The molecule has 3 heterocycles. The predicted octanol–water partition coefficient (Wildman–Crippen LogP) is 14.1. The molecule has 0 amide bonds. The van der Waals surface area contributed by atoms with Crippen LogP contribution in [-0.4, -0.2) is 15.0 Å². The van der Waals surface area contributed by atoms with Crippen molar-refractivity contribution in [1.82, 2.24) is 15.0 Å². The lowest BCUT2D eigenvalue weighted by atomic mass is 9.95. The van der Waals surface area contributed by atoms with Crippen LogP contribution in [0.15, 0.2) is 192 Å². The van der Waals surface area contributed by atoms with Gasteiger partial charge in [-0.3, -0.25) is 0 Å². The van der Waals surface area contributed by atoms with E-state index in [9.17, 15) is 0 Å². The largest absolute Gasteiger partial charge is 0.456 e. The molecule has 0 bridgehead atoms. The SMILES string of the molecule is c1ccc(-c2cccc(-c3nc(-c4ccccc4)nc(-c4ccc5c(c4)oc4ccc(-c6cc(-c7ccccc7)c7sc8ccccc8c7c6)cc45)n3)c2)cc1. The molecular formula is C51H31N3OS. The smallest absolute Gasteiger partial charge is 0.164 e. The van der Waals surface area contributed by atoms with E-state index in [0.717, 1.165) is 55.3 Å². The summed E-state index contributed by atoms with van der Waals surface area (Å²) in [5, 5.41) is 4.68. The van der Waals surface area contributed by atoms with E-state index in [-0.39, 0.29) is 0 Å². The van der Waals surface area contributed by atoms with E-state index in [1.165, 1.54) is 36.9 Å². The van der Waals surface area contributed by atoms with E-state index in [0.29, 0.717) is 17.5 Å². The molecule has 0 fully saturated rings. The van der Waals surface area contributed by atoms with Crippen LogP contribution < -0.4 is 0 Å². The summed E-state index contributed by atoms with van der Waals surface area (Å²) in [5.74, 6) is 1.83. The van der Waals surface area contributed by atoms with Gasteiger partial charge in [-0.15, -0.1) is 11.3 Å². The molecule has 56 heavy (non-hydrogen) atoms. The van der Waals surface area contributed by atoms with E-state index < -0.39 is 0 Å². The molecule has 0 radical (unpaired) electrons. The normalized spacial score (nSPS) is 11.6. The number of thiophene rings is 1. The van der Waals surface area contributed by atoms with Gasteiger partial charge in [0.15, 0.2) is 17.5 Å². The lowest BCUT2D eigenvalue weighted by molar-refractivity contribution is 0.669. The minimum absolute atomic E-state index is 0.590. The lowest BCUT2D eigenvalue weighted by Crippen LogP contribution is -2.00. The molecule has 0 saturated heterocycles. The van der Waals surface area contributed by atoms with Crippen LogP contribution in [0.1, 0.15) is 0 Å². The number of rotatable bonds is 6. The average molecular weight is 734 g/mol. The van der Waals surface area contributed by atoms with Crippen molar-refractivity contribution in [2.75, 3.05) is 0 Å². The molecule has 0 saturated carbocycles. The van der Waals surface area contributed by atoms with E-state index in [1.807, 2.05) is 47.7 Å². The van der Waals surface area contributed by atoms with Crippen molar-refractivity contribution in [2.45, 2.75) is 0 Å². The first kappa shape index (κ1) is 32.2. The second-order valence-electron chi connectivity index (χ2n) is 14.0. The van der Waals surface area contributed by atoms with Crippen LogP contribution in [0.3, 0.4) is 0 Å². The summed E-state index contributed by atoms with van der Waals surface area (Å²) in [6, 6.07) is 65.7. The molecule has 0 atom stereocenters. The number of fused-ring (bicyclic) bond motifs is 6. The number of benzene rings is 8. The Morgan fingerprint density at radius 1 is 0.321 bits per heavy atom. The molecule has 11 aromatic rings. The highest BCUT2D eigenvalue weighted by Crippen LogP contribution is 2.43. The van der Waals surface area contributed by atoms with Crippen LogP contribution >= 0.6 is 11.3 Å². The predicted molar refractivity (Wildman–Crippen MR) is 233 cm³/mol. The van der Waals surface area contributed by atoms with Gasteiger partial charge in [0.1, 0.15) is 11.2 Å². The van der Waals surface area contributed by atoms with E-state index in [4.69, 9.17) is 19.4 Å². The van der Waals surface area contributed by atoms with Gasteiger partial charge < -0.3 is 4.42 Å². The molecule has 4 nitrogen and oxygen atoms in total. The highest BCUT2D eigenvalue weighted by Gasteiger charge is 2.17. The van der Waals surface area contributed by atoms with Crippen LogP contribution in [0.25, 0.3) is 110 Å². The Morgan fingerprint density at radius 2 is 0.893 bits per heavy atom. The second kappa shape index (κ2) is 13.3. The average Bonchev–Trinajstić information content (AvgIpc) is 3.84. The number of furan rings is 1. The summed E-state index contributed by atoms with van der Waals surface area (Å²) < 4.78 is 9.15. The maximum Gasteiger partial charge on any atom is 0.164 e. The number of hydrogen-bond donors (Lipinski definition) is 0. The number of aromatic nitrogens is 3. The third-order valence-electron chi connectivity index (χ3n) is 10.5. The zero-order valence-electron chi connectivity index (χ0n) is 30.1. The molecule has 0 aliphatic rings. The van der Waals surface area contributed by atoms with Crippen molar-refractivity contribution < 1.29 is 4.42 Å². The van der Waals surface area contributed by atoms with Crippen LogP contribution in [0.5, 0.6) is 0 Å². The standard InChI is InChI=1S/C51H31N3OS/c1-4-13-32(14-5-1)35-19-12-20-37(27-35)50-52-49(34-17-8-3-9-18-34)53-51(54-50)38-23-25-40-43-28-36(24-26-45(43)55-46(40)31-38)39-29-42(33-15-6-2-7-16-33)48-44(30-39)41-21-10-11-22-47(41)56-48/h1-31H. The Kier molecular flexibility index (Phi) is 7.64. The molecule has 262 valence electrons. The van der Waals surface area contributed by atoms with Gasteiger partial charge in [0.2, 0.25) is 0 Å². The Balaban J connectivity index is 1.03. The maximum atomic E-state index is 6.54. The summed E-state index contributed by atoms with van der Waals surface area (Å²) in [4.78, 5) is 15.0. The van der Waals surface area contributed by atoms with Crippen LogP contribution in [0.4, 0.5) is 0 Å². The van der Waals surface area contributed by atoms with Gasteiger partial charge >= 0.3 is 0 Å². The molecule has 0 spiro atoms. The topological polar surface area (TPSA) is 51.8 Å². The van der Waals surface area contributed by atoms with Crippen LogP contribution in [0, 0.1) is 0 Å². The fraction of sp³-hybridized carbons (Fsp3) is 0. The minimum Gasteiger partial charge on any atom is -0.456 e. The van der Waals surface area contributed by atoms with Crippen LogP contribution in [0.2, 0.25) is 0 Å². The number of nitrogens with zero attached hydrogens (tertiary/aromatic N) is 3. The van der Waals surface area contributed by atoms with E-state index >= 15 is 0 Å². The summed E-state index contributed by atoms with van der Waals surface area (Å²) in [6.45, 7) is 0. The van der Waals surface area contributed by atoms with Crippen molar-refractivity contribution in [3.05, 3.63) is 188 Å². The fourth-order valence-corrected chi connectivity index (χ4v) is 8.96. The highest BCUT2D eigenvalue weighted by molar-refractivity contribution is 7.26. The summed E-state index contributed by atoms with van der Waals surface area (Å²) in [6.07, 6.45) is 0. The Labute approximate surface area is 327 Å². The molecule has 5 heteroatoms. The Hall–Kier alpha value is -7.21. The van der Waals surface area contributed by atoms with Gasteiger partial charge in [-0.05, 0) is 76.3 Å². The zero-order chi connectivity index (χ0) is 37.0. The highest BCUT2D eigenvalue weighted by atomic mass is 32.1. The molecular weight excluding hydrogens is 703 g/mol. The third-order valence-corrected chi connectivity index (χ3v) is 11.7. The van der Waals surface area contributed by atoms with E-state index in [1.54, 1.807) is 0 Å². The molecule has 0 N–H and O–H groups in total. The Bertz CT molecular complexity index is 3240. The van der Waals surface area contributed by atoms with Gasteiger partial charge in [0, 0.05) is 53.2 Å². The van der Waals surface area contributed by atoms with Gasteiger partial charge in [0.05, 0.1) is 0 Å². The first-order valence-electron chi connectivity index (χ1n) is 18.7. The van der Waals surface area contributed by atoms with Crippen molar-refractivity contribution in [3.8, 4) is 67.5 Å². The third kappa shape index (κ3) is 5.65. The quantitative estimate of drug-likeness (QED) is 0.171. The monoisotopic (exact) mass is 733 g/mol. The second-order valence-corrected chi connectivity index (χ2v) is 15.1. The molecule has 0 unspecified atom stereocenters. The van der Waals surface area contributed by atoms with Crippen molar-refractivity contribution in [2.24, 2.45) is 0 Å². The fourth-order valence-electron chi connectivity index (χ4n) is 7.74. The lowest BCUT2D eigenvalue weighted by Gasteiger charge is -2.10. The summed E-state index contributed by atoms with van der Waals surface area (Å²) >= 11 is 1.86. The van der Waals surface area contributed by atoms with Gasteiger partial charge in [-0.25, -0.2) is 15.0 Å². The van der Waals surface area contributed by atoms with Gasteiger partial charge in [-0.1, -0.05) is 140 Å².